The highest BCUT2D eigenvalue weighted by Crippen LogP contribution is 2.16. The summed E-state index contributed by atoms with van der Waals surface area (Å²) in [6.07, 6.45) is 1.97. The molecule has 5 heteroatoms. The van der Waals surface area contributed by atoms with Crippen LogP contribution in [0.2, 0.25) is 0 Å². The van der Waals surface area contributed by atoms with Gasteiger partial charge < -0.3 is 4.74 Å². The fourth-order valence-corrected chi connectivity index (χ4v) is 0.554. The van der Waals surface area contributed by atoms with E-state index in [9.17, 15) is 13.2 Å². The molecule has 60 valence electrons. The molecule has 1 heterocycles. The number of pyridine rings is 1. The van der Waals surface area contributed by atoms with E-state index in [1.807, 2.05) is 0 Å². The molecule has 0 unspecified atom stereocenters. The number of nitrogens with zero attached hydrogens (tertiary/aromatic N) is 1. The van der Waals surface area contributed by atoms with Gasteiger partial charge in [-0.2, -0.15) is 8.78 Å². The maximum absolute atomic E-state index is 12.4. The van der Waals surface area contributed by atoms with Gasteiger partial charge in [0.05, 0.1) is 6.20 Å². The molecule has 0 radical (unpaired) electrons. The normalized spacial score (nSPS) is 10.2. The van der Waals surface area contributed by atoms with Gasteiger partial charge in [-0.25, -0.2) is 4.39 Å². The van der Waals surface area contributed by atoms with Crippen molar-refractivity contribution in [2.24, 2.45) is 0 Å². The minimum Gasteiger partial charge on any atom is -0.432 e. The first-order chi connectivity index (χ1) is 5.20. The van der Waals surface area contributed by atoms with Crippen LogP contribution in [0.5, 0.6) is 5.75 Å². The van der Waals surface area contributed by atoms with Crippen molar-refractivity contribution in [3.8, 4) is 5.75 Å². The Morgan fingerprint density at radius 2 is 2.18 bits per heavy atom. The second-order valence-corrected chi connectivity index (χ2v) is 1.68. The van der Waals surface area contributed by atoms with E-state index in [0.717, 1.165) is 12.3 Å². The summed E-state index contributed by atoms with van der Waals surface area (Å²) in [5.41, 5.74) is 0. The number of rotatable bonds is 2. The fourth-order valence-electron chi connectivity index (χ4n) is 0.554. The van der Waals surface area contributed by atoms with Crippen molar-refractivity contribution in [2.75, 3.05) is 0 Å². The van der Waals surface area contributed by atoms with Gasteiger partial charge in [0.2, 0.25) is 0 Å². The predicted octanol–water partition coefficient (Wildman–Crippen LogP) is 1.82. The summed E-state index contributed by atoms with van der Waals surface area (Å²) in [7, 11) is 0. The van der Waals surface area contributed by atoms with Crippen LogP contribution < -0.4 is 4.74 Å². The van der Waals surface area contributed by atoms with E-state index in [0.29, 0.717) is 0 Å². The molecule has 0 aliphatic heterocycles. The molecule has 0 aliphatic rings. The molecule has 0 saturated carbocycles. The van der Waals surface area contributed by atoms with E-state index in [1.54, 1.807) is 0 Å². The third-order valence-electron chi connectivity index (χ3n) is 0.951. The van der Waals surface area contributed by atoms with Crippen molar-refractivity contribution in [1.82, 2.24) is 4.98 Å². The number of alkyl halides is 2. The summed E-state index contributed by atoms with van der Waals surface area (Å²) < 4.78 is 39.2. The Balaban J connectivity index is 2.78. The Morgan fingerprint density at radius 1 is 1.45 bits per heavy atom. The van der Waals surface area contributed by atoms with Crippen LogP contribution in [0, 0.1) is 5.82 Å². The van der Waals surface area contributed by atoms with E-state index in [2.05, 4.69) is 9.72 Å². The Hall–Kier alpha value is -1.26. The monoisotopic (exact) mass is 163 g/mol. The average Bonchev–Trinajstić information content (AvgIpc) is 1.93. The number of hydrogen-bond donors (Lipinski definition) is 0. The molecule has 11 heavy (non-hydrogen) atoms. The minimum absolute atomic E-state index is 0.491. The van der Waals surface area contributed by atoms with Crippen molar-refractivity contribution in [1.29, 1.82) is 0 Å². The molecule has 0 N–H and O–H groups in total. The molecular weight excluding hydrogens is 159 g/mol. The van der Waals surface area contributed by atoms with Crippen molar-refractivity contribution in [2.45, 2.75) is 6.61 Å². The van der Waals surface area contributed by atoms with Crippen LogP contribution in [0.25, 0.3) is 0 Å². The van der Waals surface area contributed by atoms with Crippen molar-refractivity contribution in [3.05, 3.63) is 24.3 Å². The molecule has 1 aromatic heterocycles. The lowest BCUT2D eigenvalue weighted by Crippen LogP contribution is -2.03. The molecule has 0 fully saturated rings. The van der Waals surface area contributed by atoms with Gasteiger partial charge in [-0.15, -0.1) is 0 Å². The van der Waals surface area contributed by atoms with Gasteiger partial charge in [0.15, 0.2) is 11.6 Å². The highest BCUT2D eigenvalue weighted by Gasteiger charge is 2.07. The van der Waals surface area contributed by atoms with Gasteiger partial charge in [-0.3, -0.25) is 4.98 Å². The second kappa shape index (κ2) is 3.23. The van der Waals surface area contributed by atoms with Crippen LogP contribution in [-0.4, -0.2) is 11.6 Å². The molecular formula is C6H4F3NO. The van der Waals surface area contributed by atoms with E-state index >= 15 is 0 Å². The van der Waals surface area contributed by atoms with Crippen molar-refractivity contribution < 1.29 is 17.9 Å². The summed E-state index contributed by atoms with van der Waals surface area (Å²) >= 11 is 0. The highest BCUT2D eigenvalue weighted by atomic mass is 19.3. The molecule has 0 amide bonds. The summed E-state index contributed by atoms with van der Waals surface area (Å²) in [5, 5.41) is 0. The molecule has 0 aliphatic carbocycles. The standard InChI is InChI=1S/C6H4F3NO/c7-4-3-10-2-1-5(4)11-6(8)9/h1-3,6H. The second-order valence-electron chi connectivity index (χ2n) is 1.68. The van der Waals surface area contributed by atoms with E-state index in [-0.39, 0.29) is 0 Å². The summed E-state index contributed by atoms with van der Waals surface area (Å²) in [4.78, 5) is 3.35. The van der Waals surface area contributed by atoms with Crippen LogP contribution >= 0.6 is 0 Å². The molecule has 0 aromatic carbocycles. The van der Waals surface area contributed by atoms with Crippen molar-refractivity contribution >= 4 is 0 Å². The first kappa shape index (κ1) is 7.84. The Labute approximate surface area is 60.6 Å². The topological polar surface area (TPSA) is 22.1 Å². The minimum atomic E-state index is -3.01. The number of halogens is 3. The zero-order valence-electron chi connectivity index (χ0n) is 5.30. The number of hydrogen-bond acceptors (Lipinski definition) is 2. The van der Waals surface area contributed by atoms with Gasteiger partial charge in [0, 0.05) is 12.3 Å². The Kier molecular flexibility index (Phi) is 2.30. The average molecular weight is 163 g/mol. The fraction of sp³-hybridized carbons (Fsp3) is 0.167. The summed E-state index contributed by atoms with van der Waals surface area (Å²) in [5.74, 6) is -1.39. The Bertz CT molecular complexity index is 241. The SMILES string of the molecule is Fc1cnccc1OC(F)F. The lowest BCUT2D eigenvalue weighted by atomic mass is 10.4. The molecule has 0 atom stereocenters. The quantitative estimate of drug-likeness (QED) is 0.663. The smallest absolute Gasteiger partial charge is 0.387 e. The largest absolute Gasteiger partial charge is 0.432 e. The van der Waals surface area contributed by atoms with Gasteiger partial charge >= 0.3 is 6.61 Å². The molecule has 0 bridgehead atoms. The van der Waals surface area contributed by atoms with Gasteiger partial charge in [0.1, 0.15) is 0 Å². The predicted molar refractivity (Wildman–Crippen MR) is 30.8 cm³/mol. The third-order valence-corrected chi connectivity index (χ3v) is 0.951. The van der Waals surface area contributed by atoms with E-state index < -0.39 is 18.2 Å². The van der Waals surface area contributed by atoms with E-state index in [4.69, 9.17) is 0 Å². The van der Waals surface area contributed by atoms with Crippen LogP contribution in [0.3, 0.4) is 0 Å². The van der Waals surface area contributed by atoms with E-state index in [1.165, 1.54) is 6.20 Å². The lowest BCUT2D eigenvalue weighted by molar-refractivity contribution is -0.0522. The Morgan fingerprint density at radius 3 is 2.73 bits per heavy atom. The molecule has 0 saturated heterocycles. The van der Waals surface area contributed by atoms with Crippen LogP contribution in [-0.2, 0) is 0 Å². The molecule has 0 spiro atoms. The maximum atomic E-state index is 12.4. The number of aromatic nitrogens is 1. The zero-order chi connectivity index (χ0) is 8.27. The third kappa shape index (κ3) is 2.10. The maximum Gasteiger partial charge on any atom is 0.387 e. The molecule has 2 nitrogen and oxygen atoms in total. The highest BCUT2D eigenvalue weighted by molar-refractivity contribution is 5.19. The summed E-state index contributed by atoms with van der Waals surface area (Å²) in [6.45, 7) is -3.01. The van der Waals surface area contributed by atoms with Crippen LogP contribution in [0.15, 0.2) is 18.5 Å². The van der Waals surface area contributed by atoms with Crippen LogP contribution in [0.1, 0.15) is 0 Å². The summed E-state index contributed by atoms with van der Waals surface area (Å²) in [6, 6.07) is 1.03. The van der Waals surface area contributed by atoms with Crippen LogP contribution in [0.4, 0.5) is 13.2 Å². The molecule has 1 rings (SSSR count). The first-order valence-corrected chi connectivity index (χ1v) is 2.74. The zero-order valence-corrected chi connectivity index (χ0v) is 5.30. The van der Waals surface area contributed by atoms with Gasteiger partial charge in [0.25, 0.3) is 0 Å². The molecule has 1 aromatic rings. The number of ether oxygens (including phenoxy) is 1. The van der Waals surface area contributed by atoms with Crippen molar-refractivity contribution in [3.63, 3.8) is 0 Å². The van der Waals surface area contributed by atoms with Gasteiger partial charge in [-0.05, 0) is 0 Å². The van der Waals surface area contributed by atoms with Gasteiger partial charge in [-0.1, -0.05) is 0 Å². The lowest BCUT2D eigenvalue weighted by Gasteiger charge is -2.03. The first-order valence-electron chi connectivity index (χ1n) is 2.74.